The van der Waals surface area contributed by atoms with Gasteiger partial charge in [0.05, 0.1) is 11.9 Å². The van der Waals surface area contributed by atoms with Crippen molar-refractivity contribution < 1.29 is 4.79 Å². The summed E-state index contributed by atoms with van der Waals surface area (Å²) < 4.78 is 0. The van der Waals surface area contributed by atoms with E-state index >= 15 is 0 Å². The van der Waals surface area contributed by atoms with E-state index in [0.29, 0.717) is 5.69 Å². The normalized spacial score (nSPS) is 10.4. The first-order valence-electron chi connectivity index (χ1n) is 8.84. The Bertz CT molecular complexity index is 659. The average molecular weight is 340 g/mol. The first-order chi connectivity index (χ1) is 12.0. The van der Waals surface area contributed by atoms with Gasteiger partial charge < -0.3 is 15.1 Å². The predicted octanol–water partition coefficient (Wildman–Crippen LogP) is 4.03. The van der Waals surface area contributed by atoms with Crippen LogP contribution in [0.3, 0.4) is 0 Å². The molecule has 1 N–H and O–H groups in total. The van der Waals surface area contributed by atoms with Crippen LogP contribution in [-0.2, 0) is 0 Å². The molecule has 25 heavy (non-hydrogen) atoms. The van der Waals surface area contributed by atoms with Gasteiger partial charge in [0, 0.05) is 38.6 Å². The molecular formula is C20H28N4O. The van der Waals surface area contributed by atoms with E-state index in [-0.39, 0.29) is 5.91 Å². The van der Waals surface area contributed by atoms with Crippen LogP contribution in [0, 0.1) is 0 Å². The van der Waals surface area contributed by atoms with Crippen LogP contribution in [0.25, 0.3) is 0 Å². The van der Waals surface area contributed by atoms with E-state index < -0.39 is 0 Å². The lowest BCUT2D eigenvalue weighted by Crippen LogP contribution is -2.25. The van der Waals surface area contributed by atoms with Crippen molar-refractivity contribution in [3.05, 3.63) is 48.3 Å². The Kier molecular flexibility index (Phi) is 6.81. The molecule has 134 valence electrons. The summed E-state index contributed by atoms with van der Waals surface area (Å²) in [6, 6.07) is 11.5. The fraction of sp³-hybridized carbons (Fsp3) is 0.400. The number of rotatable bonds is 8. The second-order valence-corrected chi connectivity index (χ2v) is 6.28. The minimum absolute atomic E-state index is 0.193. The van der Waals surface area contributed by atoms with Gasteiger partial charge in [-0.1, -0.05) is 13.8 Å². The lowest BCUT2D eigenvalue weighted by atomic mass is 10.2. The lowest BCUT2D eigenvalue weighted by molar-refractivity contribution is 0.102. The van der Waals surface area contributed by atoms with Crippen molar-refractivity contribution in [3.63, 3.8) is 0 Å². The molecule has 0 aliphatic heterocycles. The van der Waals surface area contributed by atoms with Crippen molar-refractivity contribution in [1.29, 1.82) is 0 Å². The maximum atomic E-state index is 12.4. The van der Waals surface area contributed by atoms with Gasteiger partial charge in [-0.2, -0.15) is 0 Å². The van der Waals surface area contributed by atoms with Crippen LogP contribution in [0.15, 0.2) is 42.6 Å². The van der Waals surface area contributed by atoms with Gasteiger partial charge in [-0.25, -0.2) is 4.98 Å². The number of nitrogens with one attached hydrogen (secondary N) is 1. The largest absolute Gasteiger partial charge is 0.378 e. The van der Waals surface area contributed by atoms with Crippen LogP contribution in [-0.4, -0.2) is 38.1 Å². The summed E-state index contributed by atoms with van der Waals surface area (Å²) >= 11 is 0. The highest BCUT2D eigenvalue weighted by atomic mass is 16.1. The van der Waals surface area contributed by atoms with Crippen LogP contribution in [0.4, 0.5) is 17.1 Å². The van der Waals surface area contributed by atoms with Gasteiger partial charge in [-0.3, -0.25) is 4.79 Å². The third-order valence-electron chi connectivity index (χ3n) is 3.97. The van der Waals surface area contributed by atoms with E-state index in [2.05, 4.69) is 29.0 Å². The van der Waals surface area contributed by atoms with E-state index in [9.17, 15) is 4.79 Å². The molecule has 1 aromatic carbocycles. The number of amides is 1. The number of hydrogen-bond acceptors (Lipinski definition) is 4. The highest BCUT2D eigenvalue weighted by Crippen LogP contribution is 2.17. The van der Waals surface area contributed by atoms with Crippen molar-refractivity contribution >= 4 is 23.0 Å². The van der Waals surface area contributed by atoms with Crippen molar-refractivity contribution in [2.75, 3.05) is 42.3 Å². The topological polar surface area (TPSA) is 48.5 Å². The molecule has 0 unspecified atom stereocenters. The summed E-state index contributed by atoms with van der Waals surface area (Å²) in [6.45, 7) is 6.33. The molecule has 0 atom stereocenters. The standard InChI is InChI=1S/C20H28N4O/c1-5-13-24(14-6-2)18-11-12-19(21-15-18)20(25)22-16-7-9-17(10-8-16)23(3)4/h7-12,15H,5-6,13-14H2,1-4H3,(H,22,25). The van der Waals surface area contributed by atoms with E-state index in [4.69, 9.17) is 0 Å². The fourth-order valence-corrected chi connectivity index (χ4v) is 2.66. The zero-order valence-electron chi connectivity index (χ0n) is 15.6. The summed E-state index contributed by atoms with van der Waals surface area (Å²) in [5, 5.41) is 2.89. The average Bonchev–Trinajstić information content (AvgIpc) is 2.62. The highest BCUT2D eigenvalue weighted by molar-refractivity contribution is 6.03. The first kappa shape index (κ1) is 18.8. The molecule has 1 heterocycles. The van der Waals surface area contributed by atoms with Gasteiger partial charge >= 0.3 is 0 Å². The van der Waals surface area contributed by atoms with E-state index in [0.717, 1.165) is 43.0 Å². The van der Waals surface area contributed by atoms with Gasteiger partial charge in [0.15, 0.2) is 0 Å². The molecule has 0 spiro atoms. The Morgan fingerprint density at radius 3 is 2.04 bits per heavy atom. The number of pyridine rings is 1. The summed E-state index contributed by atoms with van der Waals surface area (Å²) in [5.41, 5.74) is 3.34. The van der Waals surface area contributed by atoms with Crippen LogP contribution >= 0.6 is 0 Å². The van der Waals surface area contributed by atoms with Crippen LogP contribution in [0.2, 0.25) is 0 Å². The number of carbonyl (C=O) groups excluding carboxylic acids is 1. The maximum absolute atomic E-state index is 12.4. The molecule has 0 bridgehead atoms. The Balaban J connectivity index is 2.04. The number of carbonyl (C=O) groups is 1. The molecule has 0 saturated carbocycles. The van der Waals surface area contributed by atoms with Gasteiger partial charge in [0.1, 0.15) is 5.69 Å². The summed E-state index contributed by atoms with van der Waals surface area (Å²) in [4.78, 5) is 21.0. The molecule has 0 saturated heterocycles. The summed E-state index contributed by atoms with van der Waals surface area (Å²) in [7, 11) is 3.97. The van der Waals surface area contributed by atoms with Crippen molar-refractivity contribution in [2.45, 2.75) is 26.7 Å². The highest BCUT2D eigenvalue weighted by Gasteiger charge is 2.10. The van der Waals surface area contributed by atoms with Crippen molar-refractivity contribution in [3.8, 4) is 0 Å². The molecule has 5 heteroatoms. The third kappa shape index (κ3) is 5.21. The Hall–Kier alpha value is -2.56. The zero-order chi connectivity index (χ0) is 18.2. The molecule has 1 amide bonds. The second-order valence-electron chi connectivity index (χ2n) is 6.28. The quantitative estimate of drug-likeness (QED) is 0.788. The van der Waals surface area contributed by atoms with Gasteiger partial charge in [-0.15, -0.1) is 0 Å². The van der Waals surface area contributed by atoms with E-state index in [1.165, 1.54) is 0 Å². The molecule has 0 aliphatic carbocycles. The maximum Gasteiger partial charge on any atom is 0.274 e. The van der Waals surface area contributed by atoms with Gasteiger partial charge in [0.2, 0.25) is 0 Å². The van der Waals surface area contributed by atoms with Crippen LogP contribution in [0.5, 0.6) is 0 Å². The molecule has 0 fully saturated rings. The second kappa shape index (κ2) is 9.06. The number of hydrogen-bond donors (Lipinski definition) is 1. The third-order valence-corrected chi connectivity index (χ3v) is 3.97. The molecule has 2 aromatic rings. The van der Waals surface area contributed by atoms with E-state index in [1.807, 2.05) is 49.3 Å². The molecule has 0 radical (unpaired) electrons. The van der Waals surface area contributed by atoms with Crippen molar-refractivity contribution in [2.24, 2.45) is 0 Å². The minimum atomic E-state index is -0.193. The first-order valence-corrected chi connectivity index (χ1v) is 8.84. The molecule has 5 nitrogen and oxygen atoms in total. The zero-order valence-corrected chi connectivity index (χ0v) is 15.6. The van der Waals surface area contributed by atoms with Crippen molar-refractivity contribution in [1.82, 2.24) is 4.98 Å². The monoisotopic (exact) mass is 340 g/mol. The Morgan fingerprint density at radius 1 is 0.960 bits per heavy atom. The summed E-state index contributed by atoms with van der Waals surface area (Å²) in [5.74, 6) is -0.193. The number of benzene rings is 1. The fourth-order valence-electron chi connectivity index (χ4n) is 2.66. The SMILES string of the molecule is CCCN(CCC)c1ccc(C(=O)Nc2ccc(N(C)C)cc2)nc1. The van der Waals surface area contributed by atoms with Crippen LogP contribution in [0.1, 0.15) is 37.2 Å². The number of nitrogens with zero attached hydrogens (tertiary/aromatic N) is 3. The van der Waals surface area contributed by atoms with Crippen LogP contribution < -0.4 is 15.1 Å². The lowest BCUT2D eigenvalue weighted by Gasteiger charge is -2.23. The van der Waals surface area contributed by atoms with E-state index in [1.54, 1.807) is 12.3 Å². The molecule has 0 aliphatic rings. The van der Waals surface area contributed by atoms with Gasteiger partial charge in [-0.05, 0) is 49.2 Å². The molecule has 1 aromatic heterocycles. The summed E-state index contributed by atoms with van der Waals surface area (Å²) in [6.07, 6.45) is 3.96. The molecular weight excluding hydrogens is 312 g/mol. The predicted molar refractivity (Wildman–Crippen MR) is 106 cm³/mol. The molecule has 2 rings (SSSR count). The Morgan fingerprint density at radius 2 is 1.56 bits per heavy atom. The minimum Gasteiger partial charge on any atom is -0.378 e. The number of aromatic nitrogens is 1. The number of anilines is 3. The van der Waals surface area contributed by atoms with Gasteiger partial charge in [0.25, 0.3) is 5.91 Å². The Labute approximate surface area is 150 Å². The smallest absolute Gasteiger partial charge is 0.274 e.